The van der Waals surface area contributed by atoms with Crippen molar-refractivity contribution in [2.75, 3.05) is 19.8 Å². The Labute approximate surface area is 95.7 Å². The lowest BCUT2D eigenvalue weighted by Gasteiger charge is -2.29. The third-order valence-electron chi connectivity index (χ3n) is 2.66. The van der Waals surface area contributed by atoms with E-state index >= 15 is 0 Å². The molecule has 1 N–H and O–H groups in total. The summed E-state index contributed by atoms with van der Waals surface area (Å²) in [5.74, 6) is -1.87. The molecule has 94 valence electrons. The first kappa shape index (κ1) is 14.9. The molecule has 0 amide bonds. The first-order valence-corrected chi connectivity index (χ1v) is 5.40. The van der Waals surface area contributed by atoms with Crippen molar-refractivity contribution >= 4 is 11.9 Å². The van der Waals surface area contributed by atoms with Gasteiger partial charge in [-0.15, -0.1) is 0 Å². The predicted molar refractivity (Wildman–Crippen MR) is 57.6 cm³/mol. The van der Waals surface area contributed by atoms with Crippen LogP contribution >= 0.6 is 0 Å². The van der Waals surface area contributed by atoms with Gasteiger partial charge in [-0.25, -0.2) is 0 Å². The summed E-state index contributed by atoms with van der Waals surface area (Å²) in [5, 5.41) is 9.09. The maximum Gasteiger partial charge on any atom is 0.323 e. The van der Waals surface area contributed by atoms with E-state index < -0.39 is 23.3 Å². The molecular formula is C11H20O5. The molecule has 0 aliphatic rings. The minimum atomic E-state index is -1.44. The summed E-state index contributed by atoms with van der Waals surface area (Å²) in [6.45, 7) is 6.45. The van der Waals surface area contributed by atoms with Gasteiger partial charge in [0.1, 0.15) is 0 Å². The van der Waals surface area contributed by atoms with Crippen molar-refractivity contribution in [3.8, 4) is 0 Å². The third kappa shape index (κ3) is 2.95. The molecule has 0 aromatic heterocycles. The van der Waals surface area contributed by atoms with Crippen molar-refractivity contribution in [1.82, 2.24) is 0 Å². The number of carbonyl (C=O) groups is 2. The maximum atomic E-state index is 11.7. The van der Waals surface area contributed by atoms with Crippen LogP contribution in [0.15, 0.2) is 0 Å². The molecule has 0 saturated heterocycles. The summed E-state index contributed by atoms with van der Waals surface area (Å²) in [6, 6.07) is 0. The van der Waals surface area contributed by atoms with Crippen LogP contribution < -0.4 is 0 Å². The van der Waals surface area contributed by atoms with Crippen LogP contribution in [0.2, 0.25) is 0 Å². The lowest BCUT2D eigenvalue weighted by atomic mass is 9.78. The van der Waals surface area contributed by atoms with Gasteiger partial charge in [-0.2, -0.15) is 0 Å². The van der Waals surface area contributed by atoms with Gasteiger partial charge in [0.25, 0.3) is 0 Å². The number of aliphatic hydroxyl groups excluding tert-OH is 1. The SMILES string of the molecule is CCOC(=O)C(C)(C(=O)OCC)C(C)CO. The van der Waals surface area contributed by atoms with Crippen LogP contribution in [0, 0.1) is 11.3 Å². The number of carbonyl (C=O) groups excluding carboxylic acids is 2. The van der Waals surface area contributed by atoms with E-state index in [1.165, 1.54) is 6.92 Å². The third-order valence-corrected chi connectivity index (χ3v) is 2.66. The van der Waals surface area contributed by atoms with E-state index in [4.69, 9.17) is 14.6 Å². The molecule has 5 heteroatoms. The molecule has 0 aliphatic carbocycles. The molecule has 0 rings (SSSR count). The quantitative estimate of drug-likeness (QED) is 0.540. The van der Waals surface area contributed by atoms with E-state index in [0.717, 1.165) is 0 Å². The molecule has 0 fully saturated rings. The summed E-state index contributed by atoms with van der Waals surface area (Å²) in [5.41, 5.74) is -1.44. The Bertz CT molecular complexity index is 231. The number of ether oxygens (including phenoxy) is 2. The highest BCUT2D eigenvalue weighted by Crippen LogP contribution is 2.30. The van der Waals surface area contributed by atoms with E-state index in [1.54, 1.807) is 20.8 Å². The first-order chi connectivity index (χ1) is 7.44. The molecule has 0 heterocycles. The zero-order chi connectivity index (χ0) is 12.8. The molecule has 16 heavy (non-hydrogen) atoms. The van der Waals surface area contributed by atoms with Crippen LogP contribution in [0.1, 0.15) is 27.7 Å². The Hall–Kier alpha value is -1.10. The molecule has 0 aromatic carbocycles. The first-order valence-electron chi connectivity index (χ1n) is 5.40. The van der Waals surface area contributed by atoms with Gasteiger partial charge in [-0.3, -0.25) is 9.59 Å². The van der Waals surface area contributed by atoms with Crippen molar-refractivity contribution < 1.29 is 24.2 Å². The van der Waals surface area contributed by atoms with Crippen molar-refractivity contribution in [2.24, 2.45) is 11.3 Å². The normalized spacial score (nSPS) is 13.1. The second kappa shape index (κ2) is 6.48. The van der Waals surface area contributed by atoms with Gasteiger partial charge in [0.05, 0.1) is 13.2 Å². The van der Waals surface area contributed by atoms with Gasteiger partial charge in [0.15, 0.2) is 5.41 Å². The van der Waals surface area contributed by atoms with E-state index in [1.807, 2.05) is 0 Å². The number of aliphatic hydroxyl groups is 1. The highest BCUT2D eigenvalue weighted by Gasteiger charge is 2.48. The molecule has 0 saturated carbocycles. The second-order valence-electron chi connectivity index (χ2n) is 3.73. The summed E-state index contributed by atoms with van der Waals surface area (Å²) < 4.78 is 9.69. The van der Waals surface area contributed by atoms with Gasteiger partial charge in [0.2, 0.25) is 0 Å². The van der Waals surface area contributed by atoms with Gasteiger partial charge in [-0.1, -0.05) is 6.92 Å². The summed E-state index contributed by atoms with van der Waals surface area (Å²) >= 11 is 0. The largest absolute Gasteiger partial charge is 0.465 e. The van der Waals surface area contributed by atoms with E-state index in [0.29, 0.717) is 0 Å². The van der Waals surface area contributed by atoms with Crippen molar-refractivity contribution in [3.05, 3.63) is 0 Å². The van der Waals surface area contributed by atoms with Gasteiger partial charge in [0, 0.05) is 12.5 Å². The summed E-state index contributed by atoms with van der Waals surface area (Å²) in [7, 11) is 0. The fourth-order valence-electron chi connectivity index (χ4n) is 1.23. The standard InChI is InChI=1S/C11H20O5/c1-5-15-9(13)11(4,8(3)7-12)10(14)16-6-2/h8,12H,5-7H2,1-4H3. The molecular weight excluding hydrogens is 212 g/mol. The predicted octanol–water partition coefficient (Wildman–Crippen LogP) is 0.747. The lowest BCUT2D eigenvalue weighted by molar-refractivity contribution is -0.175. The molecule has 0 spiro atoms. The van der Waals surface area contributed by atoms with Crippen molar-refractivity contribution in [1.29, 1.82) is 0 Å². The van der Waals surface area contributed by atoms with Crippen LogP contribution in [0.25, 0.3) is 0 Å². The topological polar surface area (TPSA) is 72.8 Å². The zero-order valence-corrected chi connectivity index (χ0v) is 10.3. The van der Waals surface area contributed by atoms with Crippen molar-refractivity contribution in [2.45, 2.75) is 27.7 Å². The average Bonchev–Trinajstić information content (AvgIpc) is 2.27. The van der Waals surface area contributed by atoms with Gasteiger partial charge < -0.3 is 14.6 Å². The number of rotatable bonds is 6. The van der Waals surface area contributed by atoms with Crippen LogP contribution in [0.5, 0.6) is 0 Å². The smallest absolute Gasteiger partial charge is 0.323 e. The molecule has 0 bridgehead atoms. The zero-order valence-electron chi connectivity index (χ0n) is 10.3. The molecule has 5 nitrogen and oxygen atoms in total. The van der Waals surface area contributed by atoms with E-state index in [9.17, 15) is 9.59 Å². The van der Waals surface area contributed by atoms with Crippen molar-refractivity contribution in [3.63, 3.8) is 0 Å². The molecule has 1 atom stereocenters. The summed E-state index contributed by atoms with van der Waals surface area (Å²) in [6.07, 6.45) is 0. The average molecular weight is 232 g/mol. The minimum absolute atomic E-state index is 0.186. The van der Waals surface area contributed by atoms with Crippen LogP contribution in [0.3, 0.4) is 0 Å². The second-order valence-corrected chi connectivity index (χ2v) is 3.73. The molecule has 0 radical (unpaired) electrons. The highest BCUT2D eigenvalue weighted by molar-refractivity contribution is 6.00. The number of esters is 2. The van der Waals surface area contributed by atoms with E-state index in [-0.39, 0.29) is 19.8 Å². The monoisotopic (exact) mass is 232 g/mol. The fourth-order valence-corrected chi connectivity index (χ4v) is 1.23. The Kier molecular flexibility index (Phi) is 6.03. The Morgan fingerprint density at radius 1 is 1.19 bits per heavy atom. The summed E-state index contributed by atoms with van der Waals surface area (Å²) in [4.78, 5) is 23.5. The fraction of sp³-hybridized carbons (Fsp3) is 0.818. The molecule has 0 aliphatic heterocycles. The highest BCUT2D eigenvalue weighted by atomic mass is 16.6. The Morgan fingerprint density at radius 2 is 1.56 bits per heavy atom. The Balaban J connectivity index is 5.02. The minimum Gasteiger partial charge on any atom is -0.465 e. The molecule has 0 aromatic rings. The Morgan fingerprint density at radius 3 is 1.81 bits per heavy atom. The molecule has 1 unspecified atom stereocenters. The van der Waals surface area contributed by atoms with E-state index in [2.05, 4.69) is 0 Å². The van der Waals surface area contributed by atoms with Crippen LogP contribution in [0.4, 0.5) is 0 Å². The van der Waals surface area contributed by atoms with Gasteiger partial charge >= 0.3 is 11.9 Å². The maximum absolute atomic E-state index is 11.7. The lowest BCUT2D eigenvalue weighted by Crippen LogP contribution is -2.45. The van der Waals surface area contributed by atoms with Crippen LogP contribution in [-0.2, 0) is 19.1 Å². The number of hydrogen-bond acceptors (Lipinski definition) is 5. The number of hydrogen-bond donors (Lipinski definition) is 1. The van der Waals surface area contributed by atoms with Gasteiger partial charge in [-0.05, 0) is 20.8 Å². The van der Waals surface area contributed by atoms with Crippen LogP contribution in [-0.4, -0.2) is 36.9 Å².